The smallest absolute Gasteiger partial charge is 0.310 e. The fourth-order valence-electron chi connectivity index (χ4n) is 3.94. The van der Waals surface area contributed by atoms with Crippen LogP contribution in [-0.4, -0.2) is 60.3 Å². The molecule has 4 rings (SSSR count). The van der Waals surface area contributed by atoms with Gasteiger partial charge in [-0.05, 0) is 24.3 Å². The second kappa shape index (κ2) is 6.15. The quantitative estimate of drug-likeness (QED) is 0.831. The predicted molar refractivity (Wildman–Crippen MR) is 87.6 cm³/mol. The molecule has 1 N–H and O–H groups in total. The molecule has 0 radical (unpaired) electrons. The number of aliphatic carboxylic acids is 1. The normalized spacial score (nSPS) is 30.8. The molecule has 132 valence electrons. The number of piperazine rings is 1. The van der Waals surface area contributed by atoms with Gasteiger partial charge in [-0.25, -0.2) is 4.39 Å². The van der Waals surface area contributed by atoms with Gasteiger partial charge in [-0.3, -0.25) is 9.59 Å². The minimum Gasteiger partial charge on any atom is -0.481 e. The number of amides is 1. The number of carbonyl (C=O) groups is 2. The van der Waals surface area contributed by atoms with Gasteiger partial charge in [0.1, 0.15) is 11.7 Å². The van der Waals surface area contributed by atoms with Gasteiger partial charge in [-0.15, -0.1) is 0 Å². The number of fused-ring (bicyclic) bond motifs is 2. The Labute approximate surface area is 144 Å². The first-order valence-corrected chi connectivity index (χ1v) is 8.40. The van der Waals surface area contributed by atoms with Gasteiger partial charge >= 0.3 is 5.97 Å². The number of hydrogen-bond donors (Lipinski definition) is 1. The molecule has 3 aliphatic heterocycles. The maximum absolute atomic E-state index is 13.0. The minimum absolute atomic E-state index is 0.150. The Kier molecular flexibility index (Phi) is 3.95. The Hall–Kier alpha value is -2.41. The van der Waals surface area contributed by atoms with Gasteiger partial charge in [0.05, 0.1) is 18.1 Å². The maximum Gasteiger partial charge on any atom is 0.310 e. The van der Waals surface area contributed by atoms with E-state index in [0.29, 0.717) is 26.2 Å². The molecule has 0 saturated carbocycles. The molecule has 3 heterocycles. The molecule has 0 aliphatic carbocycles. The van der Waals surface area contributed by atoms with Crippen LogP contribution in [0.4, 0.5) is 10.1 Å². The molecule has 2 saturated heterocycles. The van der Waals surface area contributed by atoms with E-state index in [1.165, 1.54) is 12.1 Å². The lowest BCUT2D eigenvalue weighted by Crippen LogP contribution is -2.53. The molecular weight excluding hydrogens is 327 g/mol. The number of carboxylic acids is 1. The Balaban J connectivity index is 1.42. The van der Waals surface area contributed by atoms with Gasteiger partial charge in [-0.1, -0.05) is 12.2 Å². The van der Waals surface area contributed by atoms with Crippen LogP contribution in [0.15, 0.2) is 36.4 Å². The largest absolute Gasteiger partial charge is 0.481 e. The van der Waals surface area contributed by atoms with Gasteiger partial charge in [0.2, 0.25) is 5.91 Å². The first-order chi connectivity index (χ1) is 12.0. The van der Waals surface area contributed by atoms with Crippen LogP contribution < -0.4 is 4.90 Å². The van der Waals surface area contributed by atoms with Crippen molar-refractivity contribution in [3.8, 4) is 0 Å². The summed E-state index contributed by atoms with van der Waals surface area (Å²) in [6.45, 7) is 2.29. The summed E-state index contributed by atoms with van der Waals surface area (Å²) in [4.78, 5) is 28.2. The molecule has 1 aromatic carbocycles. The number of nitrogens with zero attached hydrogens (tertiary/aromatic N) is 2. The molecule has 0 unspecified atom stereocenters. The lowest BCUT2D eigenvalue weighted by atomic mass is 9.82. The van der Waals surface area contributed by atoms with Crippen LogP contribution in [0, 0.1) is 17.7 Å². The Bertz CT molecular complexity index is 712. The highest BCUT2D eigenvalue weighted by Gasteiger charge is 2.54. The summed E-state index contributed by atoms with van der Waals surface area (Å²) in [5.74, 6) is -2.87. The highest BCUT2D eigenvalue weighted by molar-refractivity contribution is 5.87. The van der Waals surface area contributed by atoms with Crippen molar-refractivity contribution in [3.63, 3.8) is 0 Å². The van der Waals surface area contributed by atoms with Crippen molar-refractivity contribution in [2.24, 2.45) is 11.8 Å². The number of ether oxygens (including phenoxy) is 1. The number of carboxylic acid groups (broad SMARTS) is 1. The summed E-state index contributed by atoms with van der Waals surface area (Å²) in [7, 11) is 0. The lowest BCUT2D eigenvalue weighted by Gasteiger charge is -2.38. The van der Waals surface area contributed by atoms with Crippen molar-refractivity contribution < 1.29 is 23.8 Å². The summed E-state index contributed by atoms with van der Waals surface area (Å²) >= 11 is 0. The Morgan fingerprint density at radius 2 is 1.60 bits per heavy atom. The zero-order chi connectivity index (χ0) is 17.6. The standard InChI is InChI=1S/C18H19FN2O4/c19-11-1-3-12(4-2-11)20-7-9-21(10-8-20)17(22)15-13-5-6-14(25-13)16(15)18(23)24/h1-6,13-16H,7-10H2,(H,23,24)/t13-,14-,15+,16-/m0/s1. The van der Waals surface area contributed by atoms with Crippen molar-refractivity contribution in [3.05, 3.63) is 42.2 Å². The molecule has 6 nitrogen and oxygen atoms in total. The van der Waals surface area contributed by atoms with Crippen LogP contribution in [0.1, 0.15) is 0 Å². The van der Waals surface area contributed by atoms with E-state index in [4.69, 9.17) is 4.74 Å². The SMILES string of the molecule is O=C(O)[C@@H]1[C@H](C(=O)N2CCN(c3ccc(F)cc3)CC2)[C@@H]2C=C[C@@H]1O2. The molecule has 1 aromatic rings. The third kappa shape index (κ3) is 2.78. The van der Waals surface area contributed by atoms with E-state index in [1.54, 1.807) is 29.2 Å². The summed E-state index contributed by atoms with van der Waals surface area (Å²) in [5.41, 5.74) is 0.920. The Morgan fingerprint density at radius 3 is 2.20 bits per heavy atom. The average Bonchev–Trinajstić information content (AvgIpc) is 3.23. The number of anilines is 1. The van der Waals surface area contributed by atoms with E-state index in [9.17, 15) is 19.1 Å². The Morgan fingerprint density at radius 1 is 1.00 bits per heavy atom. The van der Waals surface area contributed by atoms with E-state index < -0.39 is 30.0 Å². The second-order valence-electron chi connectivity index (χ2n) is 6.63. The number of halogens is 1. The molecule has 0 aromatic heterocycles. The highest BCUT2D eigenvalue weighted by Crippen LogP contribution is 2.40. The highest BCUT2D eigenvalue weighted by atomic mass is 19.1. The molecule has 25 heavy (non-hydrogen) atoms. The van der Waals surface area contributed by atoms with Crippen molar-refractivity contribution in [2.75, 3.05) is 31.1 Å². The van der Waals surface area contributed by atoms with Crippen LogP contribution in [-0.2, 0) is 14.3 Å². The molecule has 2 bridgehead atoms. The van der Waals surface area contributed by atoms with Crippen LogP contribution in [0.5, 0.6) is 0 Å². The molecule has 4 atom stereocenters. The zero-order valence-electron chi connectivity index (χ0n) is 13.5. The van der Waals surface area contributed by atoms with Gasteiger partial charge in [0.25, 0.3) is 0 Å². The molecule has 1 amide bonds. The fraction of sp³-hybridized carbons (Fsp3) is 0.444. The van der Waals surface area contributed by atoms with Crippen LogP contribution in [0.2, 0.25) is 0 Å². The molecular formula is C18H19FN2O4. The van der Waals surface area contributed by atoms with Crippen molar-refractivity contribution in [2.45, 2.75) is 12.2 Å². The molecule has 2 fully saturated rings. The summed E-state index contributed by atoms with van der Waals surface area (Å²) in [6, 6.07) is 6.29. The summed E-state index contributed by atoms with van der Waals surface area (Å²) < 4.78 is 18.6. The predicted octanol–water partition coefficient (Wildman–Crippen LogP) is 1.13. The lowest BCUT2D eigenvalue weighted by molar-refractivity contribution is -0.149. The van der Waals surface area contributed by atoms with E-state index >= 15 is 0 Å². The molecule has 0 spiro atoms. The van der Waals surface area contributed by atoms with E-state index in [-0.39, 0.29) is 11.7 Å². The van der Waals surface area contributed by atoms with E-state index in [1.807, 2.05) is 0 Å². The minimum atomic E-state index is -0.986. The number of carbonyl (C=O) groups excluding carboxylic acids is 1. The second-order valence-corrected chi connectivity index (χ2v) is 6.63. The fourth-order valence-corrected chi connectivity index (χ4v) is 3.94. The molecule has 3 aliphatic rings. The van der Waals surface area contributed by atoms with Gasteiger partial charge in [-0.2, -0.15) is 0 Å². The van der Waals surface area contributed by atoms with Crippen LogP contribution >= 0.6 is 0 Å². The zero-order valence-corrected chi connectivity index (χ0v) is 13.5. The van der Waals surface area contributed by atoms with E-state index in [2.05, 4.69) is 4.90 Å². The van der Waals surface area contributed by atoms with Crippen molar-refractivity contribution in [1.29, 1.82) is 0 Å². The van der Waals surface area contributed by atoms with Crippen LogP contribution in [0.3, 0.4) is 0 Å². The van der Waals surface area contributed by atoms with Crippen molar-refractivity contribution >= 4 is 17.6 Å². The average molecular weight is 346 g/mol. The number of rotatable bonds is 3. The topological polar surface area (TPSA) is 70.1 Å². The summed E-state index contributed by atoms with van der Waals surface area (Å²) in [6.07, 6.45) is 2.59. The van der Waals surface area contributed by atoms with E-state index in [0.717, 1.165) is 5.69 Å². The monoisotopic (exact) mass is 346 g/mol. The number of hydrogen-bond acceptors (Lipinski definition) is 4. The summed E-state index contributed by atoms with van der Waals surface area (Å²) in [5, 5.41) is 9.44. The number of benzene rings is 1. The van der Waals surface area contributed by atoms with Crippen molar-refractivity contribution in [1.82, 2.24) is 4.90 Å². The first kappa shape index (κ1) is 16.1. The van der Waals surface area contributed by atoms with Crippen LogP contribution in [0.25, 0.3) is 0 Å². The maximum atomic E-state index is 13.0. The molecule has 7 heteroatoms. The third-order valence-corrected chi connectivity index (χ3v) is 5.25. The third-order valence-electron chi connectivity index (χ3n) is 5.25. The van der Waals surface area contributed by atoms with Gasteiger partial charge < -0.3 is 19.6 Å². The van der Waals surface area contributed by atoms with Gasteiger partial charge in [0.15, 0.2) is 0 Å². The first-order valence-electron chi connectivity index (χ1n) is 8.40. The van der Waals surface area contributed by atoms with Gasteiger partial charge in [0, 0.05) is 31.9 Å².